The van der Waals surface area contributed by atoms with Crippen molar-refractivity contribution in [3.63, 3.8) is 0 Å². The molecule has 4 nitrogen and oxygen atoms in total. The number of aromatic nitrogens is 3. The van der Waals surface area contributed by atoms with Crippen molar-refractivity contribution in [1.82, 2.24) is 15.0 Å². The molecule has 0 radical (unpaired) electrons. The average molecular weight is 711 g/mol. The van der Waals surface area contributed by atoms with Gasteiger partial charge in [-0.05, 0) is 63.2 Å². The first-order chi connectivity index (χ1) is 30.1. The Morgan fingerprint density at radius 2 is 0.764 bits per heavy atom. The maximum absolute atomic E-state index is 9.25. The van der Waals surface area contributed by atoms with E-state index in [9.17, 15) is 1.37 Å². The van der Waals surface area contributed by atoms with Crippen LogP contribution in [0.3, 0.4) is 0 Å². The van der Waals surface area contributed by atoms with Gasteiger partial charge in [0.15, 0.2) is 17.5 Å². The number of rotatable bonds is 7. The van der Waals surface area contributed by atoms with E-state index in [-0.39, 0.29) is 45.6 Å². The number of hydrogen-bond acceptors (Lipinski definition) is 4. The summed E-state index contributed by atoms with van der Waals surface area (Å²) >= 11 is 0. The molecule has 4 heteroatoms. The predicted molar refractivity (Wildman–Crippen MR) is 225 cm³/mol. The van der Waals surface area contributed by atoms with Gasteiger partial charge in [-0.25, -0.2) is 15.0 Å². The summed E-state index contributed by atoms with van der Waals surface area (Å²) in [6.45, 7) is 0. The zero-order valence-electron chi connectivity index (χ0n) is 36.3. The minimum Gasteiger partial charge on any atom is -0.455 e. The van der Waals surface area contributed by atoms with Crippen LogP contribution >= 0.6 is 0 Å². The lowest BCUT2D eigenvalue weighted by molar-refractivity contribution is 0.670. The lowest BCUT2D eigenvalue weighted by Crippen LogP contribution is -2.00. The van der Waals surface area contributed by atoms with E-state index in [4.69, 9.17) is 27.6 Å². The Bertz CT molecular complexity index is 3240. The van der Waals surface area contributed by atoms with E-state index >= 15 is 0 Å². The highest BCUT2D eigenvalue weighted by Crippen LogP contribution is 2.39. The number of para-hydroxylation sites is 2. The molecule has 0 amide bonds. The van der Waals surface area contributed by atoms with Gasteiger partial charge >= 0.3 is 0 Å². The van der Waals surface area contributed by atoms with Crippen LogP contribution in [-0.4, -0.2) is 15.0 Å². The maximum atomic E-state index is 9.25. The van der Waals surface area contributed by atoms with Crippen LogP contribution in [0.4, 0.5) is 0 Å². The Labute approximate surface area is 328 Å². The van der Waals surface area contributed by atoms with Crippen LogP contribution in [0.2, 0.25) is 0 Å². The number of hydrogen-bond donors (Lipinski definition) is 0. The van der Waals surface area contributed by atoms with Crippen molar-refractivity contribution in [2.45, 2.75) is 0 Å². The van der Waals surface area contributed by atoms with Gasteiger partial charge in [-0.1, -0.05) is 176 Å². The summed E-state index contributed by atoms with van der Waals surface area (Å²) in [5, 5.41) is 0.0331. The van der Waals surface area contributed by atoms with Gasteiger partial charge in [0.1, 0.15) is 11.2 Å². The highest BCUT2D eigenvalue weighted by atomic mass is 16.3. The first-order valence-corrected chi connectivity index (χ1v) is 17.9. The van der Waals surface area contributed by atoms with Crippen molar-refractivity contribution in [1.29, 1.82) is 0 Å². The molecule has 0 spiro atoms. The van der Waals surface area contributed by atoms with Crippen molar-refractivity contribution in [3.05, 3.63) is 200 Å². The number of furan rings is 1. The summed E-state index contributed by atoms with van der Waals surface area (Å²) in [6, 6.07) is 48.9. The van der Waals surface area contributed by atoms with Crippen molar-refractivity contribution >= 4 is 21.9 Å². The molecule has 0 N–H and O–H groups in total. The predicted octanol–water partition coefficient (Wildman–Crippen LogP) is 13.4. The second-order valence-electron chi connectivity index (χ2n) is 13.1. The molecule has 8 aromatic carbocycles. The standard InChI is InChI=1S/C51H33N3O/c1-4-13-34(14-5-1)37-23-27-39(28-24-37)49-52-50(40-29-25-38(26-30-40)35-15-6-2-7-16-35)54-51(53-49)43-32-41(36-17-8-3-9-18-36)31-42(33-43)44-20-12-21-46-45-19-10-11-22-47(45)55-48(44)46/h1-33H/i10D,11D,12D,19D,20D,21D,22D. The van der Waals surface area contributed by atoms with Crippen molar-refractivity contribution < 1.29 is 14.0 Å². The van der Waals surface area contributed by atoms with Crippen LogP contribution in [0.5, 0.6) is 0 Å². The first-order valence-electron chi connectivity index (χ1n) is 21.4. The minimum atomic E-state index is -0.481. The highest BCUT2D eigenvalue weighted by Gasteiger charge is 2.18. The third-order valence-electron chi connectivity index (χ3n) is 9.66. The van der Waals surface area contributed by atoms with E-state index < -0.39 is 24.2 Å². The van der Waals surface area contributed by atoms with Gasteiger partial charge in [0.2, 0.25) is 0 Å². The van der Waals surface area contributed by atoms with E-state index in [0.29, 0.717) is 28.6 Å². The quantitative estimate of drug-likeness (QED) is 0.165. The van der Waals surface area contributed by atoms with Gasteiger partial charge in [-0.3, -0.25) is 0 Å². The third-order valence-corrected chi connectivity index (χ3v) is 9.66. The second kappa shape index (κ2) is 13.8. The molecule has 2 aromatic heterocycles. The van der Waals surface area contributed by atoms with Crippen LogP contribution in [-0.2, 0) is 0 Å². The molecule has 0 bridgehead atoms. The summed E-state index contributed by atoms with van der Waals surface area (Å²) in [6.07, 6.45) is 0. The largest absolute Gasteiger partial charge is 0.455 e. The SMILES string of the molecule is [2H]c1c([2H])c([2H])c2c(oc3c(-c4cc(-c5ccccc5)cc(-c5nc(-c6ccc(-c7ccccc7)cc6)nc(-c6ccc(-c7ccccc7)cc6)n5)c4)c([2H])c([2H])c([2H])c32)c1[2H]. The number of nitrogens with zero attached hydrogens (tertiary/aromatic N) is 3. The lowest BCUT2D eigenvalue weighted by atomic mass is 9.94. The molecule has 0 unspecified atom stereocenters. The summed E-state index contributed by atoms with van der Waals surface area (Å²) in [5.74, 6) is 1.23. The zero-order valence-corrected chi connectivity index (χ0v) is 29.3. The van der Waals surface area contributed by atoms with Crippen LogP contribution < -0.4 is 0 Å². The second-order valence-corrected chi connectivity index (χ2v) is 13.1. The Balaban J connectivity index is 1.21. The normalized spacial score (nSPS) is 13.1. The third kappa shape index (κ3) is 6.26. The Hall–Kier alpha value is -7.43. The van der Waals surface area contributed by atoms with Gasteiger partial charge in [0, 0.05) is 33.0 Å². The average Bonchev–Trinajstić information content (AvgIpc) is 3.73. The van der Waals surface area contributed by atoms with E-state index in [0.717, 1.165) is 44.5 Å². The molecule has 55 heavy (non-hydrogen) atoms. The fraction of sp³-hybridized carbons (Fsp3) is 0. The van der Waals surface area contributed by atoms with Gasteiger partial charge < -0.3 is 4.42 Å². The van der Waals surface area contributed by atoms with E-state index in [2.05, 4.69) is 24.3 Å². The van der Waals surface area contributed by atoms with E-state index in [1.807, 2.05) is 133 Å². The molecular weight excluding hydrogens is 671 g/mol. The summed E-state index contributed by atoms with van der Waals surface area (Å²) in [7, 11) is 0. The van der Waals surface area contributed by atoms with Crippen molar-refractivity contribution in [2.75, 3.05) is 0 Å². The summed E-state index contributed by atoms with van der Waals surface area (Å²) in [5.41, 5.74) is 8.46. The molecule has 0 aliphatic heterocycles. The molecule has 0 aliphatic carbocycles. The molecule has 0 fully saturated rings. The van der Waals surface area contributed by atoms with Gasteiger partial charge in [-0.2, -0.15) is 0 Å². The fourth-order valence-electron chi connectivity index (χ4n) is 6.88. The first kappa shape index (κ1) is 25.5. The highest BCUT2D eigenvalue weighted by molar-refractivity contribution is 6.09. The van der Waals surface area contributed by atoms with E-state index in [1.54, 1.807) is 0 Å². The molecule has 10 aromatic rings. The maximum Gasteiger partial charge on any atom is 0.164 e. The van der Waals surface area contributed by atoms with Crippen LogP contribution in [0, 0.1) is 0 Å². The molecule has 10 rings (SSSR count). The minimum absolute atomic E-state index is 0.00601. The molecule has 2 heterocycles. The molecule has 0 atom stereocenters. The molecule has 0 saturated carbocycles. The zero-order chi connectivity index (χ0) is 42.6. The summed E-state index contributed by atoms with van der Waals surface area (Å²) < 4.78 is 67.4. The molecule has 0 aliphatic rings. The number of fused-ring (bicyclic) bond motifs is 3. The van der Waals surface area contributed by atoms with Crippen molar-refractivity contribution in [2.24, 2.45) is 0 Å². The van der Waals surface area contributed by atoms with Crippen LogP contribution in [0.15, 0.2) is 204 Å². The van der Waals surface area contributed by atoms with Crippen LogP contribution in [0.25, 0.3) is 101 Å². The van der Waals surface area contributed by atoms with Crippen molar-refractivity contribution in [3.8, 4) is 78.7 Å². The Morgan fingerprint density at radius 1 is 0.345 bits per heavy atom. The Morgan fingerprint density at radius 3 is 1.33 bits per heavy atom. The smallest absolute Gasteiger partial charge is 0.164 e. The van der Waals surface area contributed by atoms with Gasteiger partial charge in [0.25, 0.3) is 0 Å². The molecule has 0 saturated heterocycles. The monoisotopic (exact) mass is 710 g/mol. The molecular formula is C51H33N3O. The van der Waals surface area contributed by atoms with Gasteiger partial charge in [-0.15, -0.1) is 0 Å². The fourth-order valence-corrected chi connectivity index (χ4v) is 6.88. The lowest BCUT2D eigenvalue weighted by Gasteiger charge is -2.13. The summed E-state index contributed by atoms with van der Waals surface area (Å²) in [4.78, 5) is 15.2. The molecule has 258 valence electrons. The Kier molecular flexibility index (Phi) is 6.43. The van der Waals surface area contributed by atoms with E-state index in [1.165, 1.54) is 0 Å². The van der Waals surface area contributed by atoms with Crippen LogP contribution in [0.1, 0.15) is 9.60 Å². The van der Waals surface area contributed by atoms with Gasteiger partial charge in [0.05, 0.1) is 9.60 Å². The topological polar surface area (TPSA) is 51.8 Å². The number of benzene rings is 8.